The second-order valence-electron chi connectivity index (χ2n) is 6.87. The predicted molar refractivity (Wildman–Crippen MR) is 104 cm³/mol. The molecule has 1 N–H and O–H groups in total. The van der Waals surface area contributed by atoms with Gasteiger partial charge in [-0.25, -0.2) is 5.43 Å². The zero-order valence-corrected chi connectivity index (χ0v) is 16.0. The molecule has 0 spiro atoms. The molecule has 2 aromatic carbocycles. The van der Waals surface area contributed by atoms with Gasteiger partial charge in [-0.1, -0.05) is 32.9 Å². The molecule has 0 fully saturated rings. The SMILES string of the molecule is CCOc1ccc(C=NNC(=O)c2ccc(C(C)(C)C)cc2)cc1OC. The van der Waals surface area contributed by atoms with Gasteiger partial charge in [-0.2, -0.15) is 5.10 Å². The normalized spacial score (nSPS) is 11.4. The highest BCUT2D eigenvalue weighted by Crippen LogP contribution is 2.27. The van der Waals surface area contributed by atoms with Crippen LogP contribution in [0.1, 0.15) is 49.2 Å². The summed E-state index contributed by atoms with van der Waals surface area (Å²) in [5.41, 5.74) is 5.15. The molecule has 0 aromatic heterocycles. The van der Waals surface area contributed by atoms with Gasteiger partial charge in [0.15, 0.2) is 11.5 Å². The van der Waals surface area contributed by atoms with E-state index in [1.165, 1.54) is 5.56 Å². The Balaban J connectivity index is 2.02. The summed E-state index contributed by atoms with van der Waals surface area (Å²) in [4.78, 5) is 12.2. The van der Waals surface area contributed by atoms with Crippen molar-refractivity contribution < 1.29 is 14.3 Å². The maximum absolute atomic E-state index is 12.2. The summed E-state index contributed by atoms with van der Waals surface area (Å²) in [5, 5.41) is 4.02. The lowest BCUT2D eigenvalue weighted by atomic mass is 9.87. The number of methoxy groups -OCH3 is 1. The first kappa shape index (κ1) is 19.5. The number of carbonyl (C=O) groups excluding carboxylic acids is 1. The Morgan fingerprint density at radius 1 is 1.12 bits per heavy atom. The smallest absolute Gasteiger partial charge is 0.271 e. The molecule has 0 unspecified atom stereocenters. The van der Waals surface area contributed by atoms with Crippen LogP contribution in [-0.2, 0) is 5.41 Å². The molecule has 0 saturated carbocycles. The Morgan fingerprint density at radius 2 is 1.81 bits per heavy atom. The van der Waals surface area contributed by atoms with E-state index in [0.29, 0.717) is 23.7 Å². The average molecular weight is 354 g/mol. The van der Waals surface area contributed by atoms with Gasteiger partial charge in [0.2, 0.25) is 0 Å². The highest BCUT2D eigenvalue weighted by molar-refractivity contribution is 5.95. The first-order valence-corrected chi connectivity index (χ1v) is 8.60. The quantitative estimate of drug-likeness (QED) is 0.626. The number of ether oxygens (including phenoxy) is 2. The fourth-order valence-corrected chi connectivity index (χ4v) is 2.39. The third kappa shape index (κ3) is 5.09. The molecule has 1 amide bonds. The fraction of sp³-hybridized carbons (Fsp3) is 0.333. The first-order chi connectivity index (χ1) is 12.3. The van der Waals surface area contributed by atoms with Crippen LogP contribution in [0.4, 0.5) is 0 Å². The lowest BCUT2D eigenvalue weighted by molar-refractivity contribution is 0.0955. The van der Waals surface area contributed by atoms with E-state index in [0.717, 1.165) is 5.56 Å². The third-order valence-electron chi connectivity index (χ3n) is 3.88. The summed E-state index contributed by atoms with van der Waals surface area (Å²) in [6.07, 6.45) is 1.57. The minimum Gasteiger partial charge on any atom is -0.493 e. The van der Waals surface area contributed by atoms with E-state index in [1.54, 1.807) is 19.4 Å². The van der Waals surface area contributed by atoms with E-state index in [4.69, 9.17) is 9.47 Å². The third-order valence-corrected chi connectivity index (χ3v) is 3.88. The van der Waals surface area contributed by atoms with Crippen molar-refractivity contribution in [1.29, 1.82) is 0 Å². The molecule has 0 aliphatic heterocycles. The van der Waals surface area contributed by atoms with Crippen molar-refractivity contribution >= 4 is 12.1 Å². The molecule has 2 rings (SSSR count). The number of rotatable bonds is 6. The van der Waals surface area contributed by atoms with E-state index in [1.807, 2.05) is 43.3 Å². The van der Waals surface area contributed by atoms with Crippen LogP contribution in [0.25, 0.3) is 0 Å². The van der Waals surface area contributed by atoms with Gasteiger partial charge >= 0.3 is 0 Å². The Kier molecular flexibility index (Phi) is 6.39. The molecule has 0 aliphatic carbocycles. The van der Waals surface area contributed by atoms with E-state index in [2.05, 4.69) is 31.3 Å². The molecule has 0 atom stereocenters. The molecule has 2 aromatic rings. The van der Waals surface area contributed by atoms with Gasteiger partial charge in [-0.3, -0.25) is 4.79 Å². The fourth-order valence-electron chi connectivity index (χ4n) is 2.39. The number of amides is 1. The molecule has 0 aliphatic rings. The average Bonchev–Trinajstić information content (AvgIpc) is 2.62. The zero-order chi connectivity index (χ0) is 19.2. The molecule has 0 radical (unpaired) electrons. The number of hydrogen-bond donors (Lipinski definition) is 1. The lowest BCUT2D eigenvalue weighted by Crippen LogP contribution is -2.18. The number of benzene rings is 2. The number of nitrogens with zero attached hydrogens (tertiary/aromatic N) is 1. The van der Waals surface area contributed by atoms with Crippen molar-refractivity contribution in [2.45, 2.75) is 33.1 Å². The van der Waals surface area contributed by atoms with Gasteiger partial charge in [0.25, 0.3) is 5.91 Å². The van der Waals surface area contributed by atoms with Crippen LogP contribution in [-0.4, -0.2) is 25.8 Å². The molecule has 138 valence electrons. The molecular weight excluding hydrogens is 328 g/mol. The van der Waals surface area contributed by atoms with Gasteiger partial charge in [0.1, 0.15) is 0 Å². The number of nitrogens with one attached hydrogen (secondary N) is 1. The molecule has 0 bridgehead atoms. The Bertz CT molecular complexity index is 775. The van der Waals surface area contributed by atoms with Gasteiger partial charge in [-0.05, 0) is 53.8 Å². The van der Waals surface area contributed by atoms with Crippen LogP contribution in [0.5, 0.6) is 11.5 Å². The maximum atomic E-state index is 12.2. The van der Waals surface area contributed by atoms with Crippen molar-refractivity contribution in [2.75, 3.05) is 13.7 Å². The van der Waals surface area contributed by atoms with E-state index in [9.17, 15) is 4.79 Å². The molecule has 0 saturated heterocycles. The van der Waals surface area contributed by atoms with Crippen LogP contribution >= 0.6 is 0 Å². The topological polar surface area (TPSA) is 59.9 Å². The van der Waals surface area contributed by atoms with E-state index >= 15 is 0 Å². The van der Waals surface area contributed by atoms with E-state index < -0.39 is 0 Å². The summed E-state index contributed by atoms with van der Waals surface area (Å²) in [7, 11) is 1.59. The van der Waals surface area contributed by atoms with Crippen LogP contribution < -0.4 is 14.9 Å². The van der Waals surface area contributed by atoms with Gasteiger partial charge in [0, 0.05) is 5.56 Å². The summed E-state index contributed by atoms with van der Waals surface area (Å²) >= 11 is 0. The number of hydrogen-bond acceptors (Lipinski definition) is 4. The summed E-state index contributed by atoms with van der Waals surface area (Å²) < 4.78 is 10.8. The minimum absolute atomic E-state index is 0.0554. The Labute approximate surface area is 155 Å². The van der Waals surface area contributed by atoms with Crippen molar-refractivity contribution in [1.82, 2.24) is 5.43 Å². The minimum atomic E-state index is -0.250. The molecule has 5 nitrogen and oxygen atoms in total. The Hall–Kier alpha value is -2.82. The molecule has 0 heterocycles. The standard InChI is InChI=1S/C21H26N2O3/c1-6-26-18-12-7-15(13-19(18)25-5)14-22-23-20(24)16-8-10-17(11-9-16)21(2,3)4/h7-14H,6H2,1-5H3,(H,23,24). The maximum Gasteiger partial charge on any atom is 0.271 e. The highest BCUT2D eigenvalue weighted by Gasteiger charge is 2.14. The van der Waals surface area contributed by atoms with Crippen LogP contribution in [0.3, 0.4) is 0 Å². The highest BCUT2D eigenvalue weighted by atomic mass is 16.5. The summed E-state index contributed by atoms with van der Waals surface area (Å²) in [6, 6.07) is 13.0. The summed E-state index contributed by atoms with van der Waals surface area (Å²) in [5.74, 6) is 1.05. The van der Waals surface area contributed by atoms with Crippen molar-refractivity contribution in [3.8, 4) is 11.5 Å². The molecule has 5 heteroatoms. The van der Waals surface area contributed by atoms with Gasteiger partial charge < -0.3 is 9.47 Å². The van der Waals surface area contributed by atoms with Crippen molar-refractivity contribution in [2.24, 2.45) is 5.10 Å². The summed E-state index contributed by atoms with van der Waals surface area (Å²) in [6.45, 7) is 8.89. The van der Waals surface area contributed by atoms with Crippen molar-refractivity contribution in [3.05, 3.63) is 59.2 Å². The largest absolute Gasteiger partial charge is 0.493 e. The van der Waals surface area contributed by atoms with Crippen LogP contribution in [0.2, 0.25) is 0 Å². The lowest BCUT2D eigenvalue weighted by Gasteiger charge is -2.18. The van der Waals surface area contributed by atoms with Gasteiger partial charge in [-0.15, -0.1) is 0 Å². The predicted octanol–water partition coefficient (Wildman–Crippen LogP) is 4.16. The monoisotopic (exact) mass is 354 g/mol. The van der Waals surface area contributed by atoms with Crippen LogP contribution in [0.15, 0.2) is 47.6 Å². The molecule has 26 heavy (non-hydrogen) atoms. The second-order valence-corrected chi connectivity index (χ2v) is 6.87. The zero-order valence-electron chi connectivity index (χ0n) is 16.0. The number of hydrazone groups is 1. The second kappa shape index (κ2) is 8.52. The van der Waals surface area contributed by atoms with Crippen LogP contribution in [0, 0.1) is 0 Å². The molecular formula is C21H26N2O3. The van der Waals surface area contributed by atoms with E-state index in [-0.39, 0.29) is 11.3 Å². The van der Waals surface area contributed by atoms with Crippen molar-refractivity contribution in [3.63, 3.8) is 0 Å². The number of carbonyl (C=O) groups is 1. The Morgan fingerprint density at radius 3 is 2.38 bits per heavy atom. The van der Waals surface area contributed by atoms with Gasteiger partial charge in [0.05, 0.1) is 19.9 Å². The first-order valence-electron chi connectivity index (χ1n) is 8.60.